The van der Waals surface area contributed by atoms with Crippen molar-refractivity contribution in [2.24, 2.45) is 0 Å². The molecule has 1 aromatic carbocycles. The monoisotopic (exact) mass is 248 g/mol. The molecule has 1 heterocycles. The van der Waals surface area contributed by atoms with Gasteiger partial charge in [-0.2, -0.15) is 0 Å². The Morgan fingerprint density at radius 2 is 2.06 bits per heavy atom. The molecule has 0 amide bonds. The van der Waals surface area contributed by atoms with Crippen molar-refractivity contribution in [3.05, 3.63) is 34.4 Å². The molecule has 1 saturated heterocycles. The van der Waals surface area contributed by atoms with Gasteiger partial charge in [0, 0.05) is 13.1 Å². The molecule has 2 unspecified atom stereocenters. The highest BCUT2D eigenvalue weighted by Gasteiger charge is 2.26. The molecule has 0 bridgehead atoms. The molecule has 100 valence electrons. The van der Waals surface area contributed by atoms with E-state index in [2.05, 4.69) is 43.5 Å². The molecule has 1 aliphatic rings. The minimum Gasteiger partial charge on any atom is -0.374 e. The van der Waals surface area contributed by atoms with Gasteiger partial charge >= 0.3 is 0 Å². The number of ether oxygens (including phenoxy) is 1. The second kappa shape index (κ2) is 5.83. The fourth-order valence-corrected chi connectivity index (χ4v) is 2.66. The van der Waals surface area contributed by atoms with Crippen LogP contribution in [0.3, 0.4) is 0 Å². The lowest BCUT2D eigenvalue weighted by molar-refractivity contribution is 0.00523. The highest BCUT2D eigenvalue weighted by Crippen LogP contribution is 2.26. The van der Waals surface area contributed by atoms with Crippen molar-refractivity contribution in [1.29, 1.82) is 0 Å². The van der Waals surface area contributed by atoms with E-state index in [-0.39, 0.29) is 12.1 Å². The summed E-state index contributed by atoms with van der Waals surface area (Å²) in [6.07, 6.45) is 0.213. The second-order valence-electron chi connectivity index (χ2n) is 5.10. The van der Waals surface area contributed by atoms with Crippen LogP contribution in [-0.4, -0.2) is 32.8 Å². The van der Waals surface area contributed by atoms with Crippen LogP contribution in [-0.2, 0) is 4.74 Å². The molecule has 1 aromatic rings. The smallest absolute Gasteiger partial charge is 0.0894 e. The maximum absolute atomic E-state index is 5.89. The number of hydrogen-bond donors (Lipinski definition) is 2. The number of benzene rings is 1. The number of rotatable bonds is 3. The van der Waals surface area contributed by atoms with Crippen molar-refractivity contribution in [2.45, 2.75) is 32.9 Å². The Kier molecular flexibility index (Phi) is 4.38. The first-order valence-corrected chi connectivity index (χ1v) is 6.71. The summed E-state index contributed by atoms with van der Waals surface area (Å²) in [6, 6.07) is 4.70. The molecule has 3 nitrogen and oxygen atoms in total. The maximum atomic E-state index is 5.89. The predicted octanol–water partition coefficient (Wildman–Crippen LogP) is 1.86. The van der Waals surface area contributed by atoms with Gasteiger partial charge in [-0.1, -0.05) is 12.1 Å². The summed E-state index contributed by atoms with van der Waals surface area (Å²) in [6.45, 7) is 9.24. The van der Waals surface area contributed by atoms with E-state index in [1.807, 2.05) is 7.05 Å². The molecule has 0 aliphatic carbocycles. The molecule has 0 spiro atoms. The van der Waals surface area contributed by atoms with E-state index in [0.29, 0.717) is 0 Å². The third-order valence-electron chi connectivity index (χ3n) is 4.07. The molecule has 1 aliphatic heterocycles. The van der Waals surface area contributed by atoms with E-state index in [4.69, 9.17) is 4.74 Å². The lowest BCUT2D eigenvalue weighted by Gasteiger charge is -2.32. The third kappa shape index (κ3) is 2.58. The van der Waals surface area contributed by atoms with Crippen molar-refractivity contribution >= 4 is 0 Å². The molecule has 2 N–H and O–H groups in total. The highest BCUT2D eigenvalue weighted by molar-refractivity contribution is 5.40. The van der Waals surface area contributed by atoms with Gasteiger partial charge in [0.25, 0.3) is 0 Å². The largest absolute Gasteiger partial charge is 0.374 e. The van der Waals surface area contributed by atoms with E-state index in [9.17, 15) is 0 Å². The van der Waals surface area contributed by atoms with Crippen LogP contribution in [0.1, 0.15) is 28.3 Å². The summed E-state index contributed by atoms with van der Waals surface area (Å²) in [5.41, 5.74) is 5.48. The van der Waals surface area contributed by atoms with E-state index >= 15 is 0 Å². The zero-order valence-corrected chi connectivity index (χ0v) is 11.8. The summed E-state index contributed by atoms with van der Waals surface area (Å²) in [5, 5.41) is 6.81. The van der Waals surface area contributed by atoms with Gasteiger partial charge in [-0.25, -0.2) is 0 Å². The van der Waals surface area contributed by atoms with Crippen molar-refractivity contribution in [1.82, 2.24) is 10.6 Å². The number of morpholine rings is 1. The SMILES string of the molecule is CNC(c1ccc(C)c(C)c1C)C1CNCCO1. The Balaban J connectivity index is 2.29. The first kappa shape index (κ1) is 13.5. The molecule has 3 heteroatoms. The Morgan fingerprint density at radius 1 is 1.28 bits per heavy atom. The van der Waals surface area contributed by atoms with Gasteiger partial charge in [0.2, 0.25) is 0 Å². The van der Waals surface area contributed by atoms with Crippen LogP contribution in [0.25, 0.3) is 0 Å². The van der Waals surface area contributed by atoms with E-state index in [1.165, 1.54) is 22.3 Å². The van der Waals surface area contributed by atoms with Crippen LogP contribution in [0.4, 0.5) is 0 Å². The fourth-order valence-electron chi connectivity index (χ4n) is 2.66. The van der Waals surface area contributed by atoms with Gasteiger partial charge in [0.05, 0.1) is 18.8 Å². The predicted molar refractivity (Wildman–Crippen MR) is 75.1 cm³/mol. The lowest BCUT2D eigenvalue weighted by atomic mass is 9.91. The standard InChI is InChI=1S/C15H24N2O/c1-10-5-6-13(12(3)11(10)2)15(16-4)14-9-17-7-8-18-14/h5-6,14-17H,7-9H2,1-4H3. The van der Waals surface area contributed by atoms with Gasteiger partial charge in [0.15, 0.2) is 0 Å². The molecular formula is C15H24N2O. The summed E-state index contributed by atoms with van der Waals surface area (Å²) in [4.78, 5) is 0. The van der Waals surface area contributed by atoms with Crippen LogP contribution in [0, 0.1) is 20.8 Å². The van der Waals surface area contributed by atoms with Crippen LogP contribution in [0.15, 0.2) is 12.1 Å². The summed E-state index contributed by atoms with van der Waals surface area (Å²) in [5.74, 6) is 0. The molecular weight excluding hydrogens is 224 g/mol. The zero-order valence-electron chi connectivity index (χ0n) is 11.8. The summed E-state index contributed by atoms with van der Waals surface area (Å²) in [7, 11) is 2.01. The van der Waals surface area contributed by atoms with Gasteiger partial charge < -0.3 is 15.4 Å². The minimum atomic E-state index is 0.213. The Morgan fingerprint density at radius 3 is 2.67 bits per heavy atom. The Bertz CT molecular complexity index is 411. The first-order valence-electron chi connectivity index (χ1n) is 6.71. The molecule has 0 aromatic heterocycles. The highest BCUT2D eigenvalue weighted by atomic mass is 16.5. The molecule has 0 radical (unpaired) electrons. The van der Waals surface area contributed by atoms with Crippen LogP contribution in [0.5, 0.6) is 0 Å². The molecule has 2 atom stereocenters. The average molecular weight is 248 g/mol. The molecule has 0 saturated carbocycles. The van der Waals surface area contributed by atoms with Crippen LogP contribution >= 0.6 is 0 Å². The van der Waals surface area contributed by atoms with E-state index in [1.54, 1.807) is 0 Å². The van der Waals surface area contributed by atoms with E-state index < -0.39 is 0 Å². The summed E-state index contributed by atoms with van der Waals surface area (Å²) < 4.78 is 5.89. The minimum absolute atomic E-state index is 0.213. The van der Waals surface area contributed by atoms with Gasteiger partial charge in [0.1, 0.15) is 0 Å². The quantitative estimate of drug-likeness (QED) is 0.856. The second-order valence-corrected chi connectivity index (χ2v) is 5.10. The van der Waals surface area contributed by atoms with Gasteiger partial charge in [-0.15, -0.1) is 0 Å². The van der Waals surface area contributed by atoms with Crippen LogP contribution < -0.4 is 10.6 Å². The van der Waals surface area contributed by atoms with Crippen molar-refractivity contribution in [3.8, 4) is 0 Å². The maximum Gasteiger partial charge on any atom is 0.0894 e. The Hall–Kier alpha value is -0.900. The molecule has 2 rings (SSSR count). The number of hydrogen-bond acceptors (Lipinski definition) is 3. The average Bonchev–Trinajstić information content (AvgIpc) is 2.41. The number of aryl methyl sites for hydroxylation is 1. The van der Waals surface area contributed by atoms with E-state index in [0.717, 1.165) is 19.7 Å². The normalized spacial score (nSPS) is 21.9. The van der Waals surface area contributed by atoms with Gasteiger partial charge in [-0.3, -0.25) is 0 Å². The number of likely N-dealkylation sites (N-methyl/N-ethyl adjacent to an activating group) is 1. The van der Waals surface area contributed by atoms with Crippen molar-refractivity contribution in [3.63, 3.8) is 0 Å². The molecule has 18 heavy (non-hydrogen) atoms. The van der Waals surface area contributed by atoms with Crippen molar-refractivity contribution in [2.75, 3.05) is 26.7 Å². The zero-order chi connectivity index (χ0) is 13.1. The lowest BCUT2D eigenvalue weighted by Crippen LogP contribution is -2.45. The van der Waals surface area contributed by atoms with Crippen LogP contribution in [0.2, 0.25) is 0 Å². The first-order chi connectivity index (χ1) is 8.65. The molecule has 1 fully saturated rings. The summed E-state index contributed by atoms with van der Waals surface area (Å²) >= 11 is 0. The number of nitrogens with one attached hydrogen (secondary N) is 2. The van der Waals surface area contributed by atoms with Crippen molar-refractivity contribution < 1.29 is 4.74 Å². The Labute approximate surface area is 110 Å². The fraction of sp³-hybridized carbons (Fsp3) is 0.600. The van der Waals surface area contributed by atoms with Gasteiger partial charge in [-0.05, 0) is 50.1 Å². The topological polar surface area (TPSA) is 33.3 Å². The third-order valence-corrected chi connectivity index (χ3v) is 4.07.